The lowest BCUT2D eigenvalue weighted by Gasteiger charge is -2.17. The van der Waals surface area contributed by atoms with Gasteiger partial charge in [0.05, 0.1) is 12.1 Å². The summed E-state index contributed by atoms with van der Waals surface area (Å²) in [4.78, 5) is 11.2. The zero-order valence-electron chi connectivity index (χ0n) is 19.2. The molecule has 0 saturated carbocycles. The molecule has 2 aromatic carbocycles. The second kappa shape index (κ2) is 11.6. The Kier molecular flexibility index (Phi) is 8.65. The zero-order valence-corrected chi connectivity index (χ0v) is 21.5. The minimum Gasteiger partial charge on any atom is -0.363 e. The van der Waals surface area contributed by atoms with E-state index in [0.717, 1.165) is 29.2 Å². The van der Waals surface area contributed by atoms with E-state index in [1.807, 2.05) is 48.1 Å². The first-order chi connectivity index (χ1) is 15.6. The summed E-state index contributed by atoms with van der Waals surface area (Å²) >= 11 is 0. The monoisotopic (exact) mass is 555 g/mol. The highest BCUT2D eigenvalue weighted by atomic mass is 127. The lowest BCUT2D eigenvalue weighted by Crippen LogP contribution is -2.36. The molecule has 4 aromatic rings. The predicted octanol–water partition coefficient (Wildman–Crippen LogP) is 4.03. The van der Waals surface area contributed by atoms with Crippen LogP contribution in [-0.2, 0) is 19.6 Å². The highest BCUT2D eigenvalue weighted by Gasteiger charge is 2.09. The first-order valence-corrected chi connectivity index (χ1v) is 10.7. The van der Waals surface area contributed by atoms with E-state index in [1.54, 1.807) is 13.2 Å². The van der Waals surface area contributed by atoms with E-state index in [-0.39, 0.29) is 24.0 Å². The molecule has 8 heteroatoms. The van der Waals surface area contributed by atoms with Crippen molar-refractivity contribution in [3.63, 3.8) is 0 Å². The maximum absolute atomic E-state index is 4.74. The molecule has 0 fully saturated rings. The van der Waals surface area contributed by atoms with Gasteiger partial charge in [-0.3, -0.25) is 9.67 Å². The van der Waals surface area contributed by atoms with Gasteiger partial charge in [-0.25, -0.2) is 4.98 Å². The molecule has 2 N–H and O–H groups in total. The number of aliphatic imine (C=N–C) groups is 1. The SMILES string of the molecule is CN=C(NCc1ccccc1Cn1cccn1)NCc1cc(N(C)C)nc2ccccc12.I. The van der Waals surface area contributed by atoms with E-state index in [4.69, 9.17) is 4.98 Å². The summed E-state index contributed by atoms with van der Waals surface area (Å²) in [6, 6.07) is 20.7. The molecule has 172 valence electrons. The third-order valence-electron chi connectivity index (χ3n) is 5.37. The molecule has 0 aliphatic carbocycles. The van der Waals surface area contributed by atoms with Gasteiger partial charge in [-0.2, -0.15) is 5.10 Å². The molecular weight excluding hydrogens is 525 g/mol. The molecule has 0 bridgehead atoms. The quantitative estimate of drug-likeness (QED) is 0.205. The van der Waals surface area contributed by atoms with Crippen LogP contribution in [0.3, 0.4) is 0 Å². The lowest BCUT2D eigenvalue weighted by atomic mass is 10.1. The van der Waals surface area contributed by atoms with Gasteiger partial charge in [0.2, 0.25) is 0 Å². The fourth-order valence-corrected chi connectivity index (χ4v) is 3.64. The molecule has 0 aliphatic rings. The summed E-state index contributed by atoms with van der Waals surface area (Å²) in [5, 5.41) is 12.4. The van der Waals surface area contributed by atoms with Crippen LogP contribution < -0.4 is 15.5 Å². The molecule has 0 spiro atoms. The van der Waals surface area contributed by atoms with Crippen molar-refractivity contribution < 1.29 is 0 Å². The molecule has 2 heterocycles. The van der Waals surface area contributed by atoms with Gasteiger partial charge >= 0.3 is 0 Å². The minimum absolute atomic E-state index is 0. The van der Waals surface area contributed by atoms with Crippen LogP contribution in [0.4, 0.5) is 5.82 Å². The summed E-state index contributed by atoms with van der Waals surface area (Å²) < 4.78 is 1.93. The Bertz CT molecular complexity index is 1200. The van der Waals surface area contributed by atoms with E-state index in [0.29, 0.717) is 13.1 Å². The van der Waals surface area contributed by atoms with Crippen LogP contribution in [0.1, 0.15) is 16.7 Å². The summed E-state index contributed by atoms with van der Waals surface area (Å²) in [5.74, 6) is 1.70. The fourth-order valence-electron chi connectivity index (χ4n) is 3.64. The van der Waals surface area contributed by atoms with Gasteiger partial charge in [-0.15, -0.1) is 24.0 Å². The lowest BCUT2D eigenvalue weighted by molar-refractivity contribution is 0.677. The van der Waals surface area contributed by atoms with Crippen molar-refractivity contribution in [2.24, 2.45) is 4.99 Å². The molecular formula is C25H30IN7. The summed E-state index contributed by atoms with van der Waals surface area (Å²) in [6.45, 7) is 2.07. The average molecular weight is 555 g/mol. The van der Waals surface area contributed by atoms with Crippen molar-refractivity contribution in [3.05, 3.63) is 89.7 Å². The van der Waals surface area contributed by atoms with Gasteiger partial charge in [0.1, 0.15) is 5.82 Å². The van der Waals surface area contributed by atoms with Crippen molar-refractivity contribution in [2.45, 2.75) is 19.6 Å². The molecule has 2 aromatic heterocycles. The Morgan fingerprint density at radius 1 is 0.939 bits per heavy atom. The fraction of sp³-hybridized carbons (Fsp3) is 0.240. The number of hydrogen-bond donors (Lipinski definition) is 2. The van der Waals surface area contributed by atoms with E-state index >= 15 is 0 Å². The standard InChI is InChI=1S/C25H29N7.HI/c1-26-25(27-16-19-9-4-5-10-20(19)18-32-14-8-13-29-32)28-17-21-15-24(31(2)3)30-23-12-7-6-11-22(21)23;/h4-15H,16-18H2,1-3H3,(H2,26,27,28);1H. The first-order valence-electron chi connectivity index (χ1n) is 10.7. The van der Waals surface area contributed by atoms with Crippen LogP contribution >= 0.6 is 24.0 Å². The third kappa shape index (κ3) is 6.22. The van der Waals surface area contributed by atoms with Gasteiger partial charge in [0.15, 0.2) is 5.96 Å². The number of anilines is 1. The predicted molar refractivity (Wildman–Crippen MR) is 146 cm³/mol. The van der Waals surface area contributed by atoms with E-state index in [1.165, 1.54) is 16.7 Å². The van der Waals surface area contributed by atoms with Crippen molar-refractivity contribution in [1.82, 2.24) is 25.4 Å². The number of para-hydroxylation sites is 1. The number of halogens is 1. The number of hydrogen-bond acceptors (Lipinski definition) is 4. The molecule has 0 atom stereocenters. The molecule has 0 saturated heterocycles. The molecule has 7 nitrogen and oxygen atoms in total. The topological polar surface area (TPSA) is 70.4 Å². The van der Waals surface area contributed by atoms with Gasteiger partial charge in [-0.1, -0.05) is 42.5 Å². The normalized spacial score (nSPS) is 11.2. The van der Waals surface area contributed by atoms with Gasteiger partial charge in [0.25, 0.3) is 0 Å². The second-order valence-electron chi connectivity index (χ2n) is 7.80. The largest absolute Gasteiger partial charge is 0.363 e. The number of nitrogens with zero attached hydrogens (tertiary/aromatic N) is 5. The van der Waals surface area contributed by atoms with Crippen molar-refractivity contribution in [3.8, 4) is 0 Å². The number of guanidine groups is 1. The van der Waals surface area contributed by atoms with Crippen molar-refractivity contribution in [2.75, 3.05) is 26.0 Å². The van der Waals surface area contributed by atoms with E-state index < -0.39 is 0 Å². The average Bonchev–Trinajstić information content (AvgIpc) is 3.33. The molecule has 0 amide bonds. The summed E-state index contributed by atoms with van der Waals surface area (Å²) in [7, 11) is 5.81. The third-order valence-corrected chi connectivity index (χ3v) is 5.37. The first kappa shape index (κ1) is 24.5. The number of nitrogens with one attached hydrogen (secondary N) is 2. The maximum Gasteiger partial charge on any atom is 0.191 e. The Morgan fingerprint density at radius 2 is 1.64 bits per heavy atom. The summed E-state index contributed by atoms with van der Waals surface area (Å²) in [5.41, 5.74) is 4.62. The minimum atomic E-state index is 0. The number of rotatable bonds is 7. The maximum atomic E-state index is 4.74. The van der Waals surface area contributed by atoms with Crippen LogP contribution in [0.2, 0.25) is 0 Å². The van der Waals surface area contributed by atoms with Crippen molar-refractivity contribution >= 4 is 46.7 Å². The Hall–Kier alpha value is -3.14. The van der Waals surface area contributed by atoms with E-state index in [9.17, 15) is 0 Å². The van der Waals surface area contributed by atoms with Gasteiger partial charge in [0, 0.05) is 52.0 Å². The smallest absolute Gasteiger partial charge is 0.191 e. The Balaban J connectivity index is 0.00000306. The second-order valence-corrected chi connectivity index (χ2v) is 7.80. The highest BCUT2D eigenvalue weighted by Crippen LogP contribution is 2.22. The van der Waals surface area contributed by atoms with Crippen LogP contribution in [0.15, 0.2) is 78.0 Å². The van der Waals surface area contributed by atoms with Crippen molar-refractivity contribution in [1.29, 1.82) is 0 Å². The molecule has 0 radical (unpaired) electrons. The Labute approximate surface area is 212 Å². The Morgan fingerprint density at radius 3 is 2.33 bits per heavy atom. The zero-order chi connectivity index (χ0) is 22.3. The van der Waals surface area contributed by atoms with Crippen LogP contribution in [-0.4, -0.2) is 41.9 Å². The van der Waals surface area contributed by atoms with Gasteiger partial charge < -0.3 is 15.5 Å². The van der Waals surface area contributed by atoms with Crippen LogP contribution in [0.5, 0.6) is 0 Å². The number of pyridine rings is 1. The molecule has 4 rings (SSSR count). The molecule has 0 aliphatic heterocycles. The molecule has 33 heavy (non-hydrogen) atoms. The van der Waals surface area contributed by atoms with Crippen LogP contribution in [0.25, 0.3) is 10.9 Å². The highest BCUT2D eigenvalue weighted by molar-refractivity contribution is 14.0. The summed E-state index contributed by atoms with van der Waals surface area (Å²) in [6.07, 6.45) is 3.78. The van der Waals surface area contributed by atoms with Crippen LogP contribution in [0, 0.1) is 0 Å². The van der Waals surface area contributed by atoms with E-state index in [2.05, 4.69) is 63.2 Å². The van der Waals surface area contributed by atoms with Gasteiger partial charge in [-0.05, 0) is 34.9 Å². The number of benzene rings is 2. The number of aromatic nitrogens is 3. The number of fused-ring (bicyclic) bond motifs is 1. The molecule has 0 unspecified atom stereocenters.